The standard InChI is InChI=1S/C19H19N5O3/c1-11(25)18(24-23-14-7-5-13(20-2)6-8-14)19(27)21-15-4-3-12-9-17(26)22-16(12)10-15/h3-8,10,18,20H,9H2,1-2H3,(H,21,27)(H,22,26). The van der Waals surface area contributed by atoms with E-state index in [2.05, 4.69) is 26.2 Å². The molecule has 8 heteroatoms. The molecule has 0 saturated heterocycles. The van der Waals surface area contributed by atoms with Gasteiger partial charge in [0, 0.05) is 24.1 Å². The second kappa shape index (κ2) is 7.77. The first-order valence-corrected chi connectivity index (χ1v) is 8.39. The molecule has 3 rings (SSSR count). The van der Waals surface area contributed by atoms with Gasteiger partial charge < -0.3 is 16.0 Å². The molecule has 0 aliphatic carbocycles. The first kappa shape index (κ1) is 18.2. The SMILES string of the molecule is CNc1ccc(N=NC(C(C)=O)C(=O)Nc2ccc3c(c2)NC(=O)C3)cc1. The van der Waals surface area contributed by atoms with E-state index < -0.39 is 17.7 Å². The smallest absolute Gasteiger partial charge is 0.258 e. The van der Waals surface area contributed by atoms with Crippen molar-refractivity contribution in [3.63, 3.8) is 0 Å². The van der Waals surface area contributed by atoms with Gasteiger partial charge in [-0.05, 0) is 48.9 Å². The summed E-state index contributed by atoms with van der Waals surface area (Å²) in [6, 6.07) is 10.9. The first-order chi connectivity index (χ1) is 13.0. The van der Waals surface area contributed by atoms with Crippen molar-refractivity contribution < 1.29 is 14.4 Å². The summed E-state index contributed by atoms with van der Waals surface area (Å²) in [6.45, 7) is 1.29. The minimum atomic E-state index is -1.25. The molecule has 1 aliphatic heterocycles. The van der Waals surface area contributed by atoms with Crippen LogP contribution in [-0.4, -0.2) is 30.7 Å². The van der Waals surface area contributed by atoms with Gasteiger partial charge in [-0.1, -0.05) is 6.07 Å². The summed E-state index contributed by atoms with van der Waals surface area (Å²) in [7, 11) is 1.80. The third-order valence-electron chi connectivity index (χ3n) is 4.08. The molecule has 2 aromatic rings. The highest BCUT2D eigenvalue weighted by molar-refractivity contribution is 6.10. The molecule has 2 aromatic carbocycles. The zero-order valence-electron chi connectivity index (χ0n) is 14.9. The van der Waals surface area contributed by atoms with E-state index in [1.807, 2.05) is 12.1 Å². The van der Waals surface area contributed by atoms with E-state index in [0.717, 1.165) is 11.3 Å². The lowest BCUT2D eigenvalue weighted by molar-refractivity contribution is -0.126. The van der Waals surface area contributed by atoms with Gasteiger partial charge in [-0.15, -0.1) is 0 Å². The molecule has 1 atom stereocenters. The van der Waals surface area contributed by atoms with E-state index in [9.17, 15) is 14.4 Å². The first-order valence-electron chi connectivity index (χ1n) is 8.39. The van der Waals surface area contributed by atoms with E-state index in [-0.39, 0.29) is 5.91 Å². The third-order valence-corrected chi connectivity index (χ3v) is 4.08. The van der Waals surface area contributed by atoms with Crippen LogP contribution in [-0.2, 0) is 20.8 Å². The molecular weight excluding hydrogens is 346 g/mol. The molecule has 0 saturated carbocycles. The van der Waals surface area contributed by atoms with Crippen molar-refractivity contribution in [3.8, 4) is 0 Å². The number of hydrogen-bond acceptors (Lipinski definition) is 6. The number of ketones is 1. The van der Waals surface area contributed by atoms with Gasteiger partial charge in [-0.3, -0.25) is 14.4 Å². The molecule has 1 heterocycles. The van der Waals surface area contributed by atoms with Gasteiger partial charge >= 0.3 is 0 Å². The van der Waals surface area contributed by atoms with Gasteiger partial charge in [0.2, 0.25) is 11.9 Å². The van der Waals surface area contributed by atoms with Gasteiger partial charge in [0.15, 0.2) is 5.78 Å². The Kier molecular flexibility index (Phi) is 5.25. The van der Waals surface area contributed by atoms with Crippen molar-refractivity contribution in [2.24, 2.45) is 10.2 Å². The van der Waals surface area contributed by atoms with Gasteiger partial charge in [-0.2, -0.15) is 10.2 Å². The average molecular weight is 365 g/mol. The average Bonchev–Trinajstić information content (AvgIpc) is 3.01. The van der Waals surface area contributed by atoms with Crippen LogP contribution in [0.4, 0.5) is 22.7 Å². The number of nitrogens with one attached hydrogen (secondary N) is 3. The zero-order chi connectivity index (χ0) is 19.4. The minimum absolute atomic E-state index is 0.0896. The van der Waals surface area contributed by atoms with Crippen LogP contribution in [0.5, 0.6) is 0 Å². The monoisotopic (exact) mass is 365 g/mol. The Balaban J connectivity index is 1.72. The van der Waals surface area contributed by atoms with Gasteiger partial charge in [0.25, 0.3) is 5.91 Å². The number of amides is 2. The molecule has 2 amide bonds. The Bertz CT molecular complexity index is 921. The topological polar surface area (TPSA) is 112 Å². The summed E-state index contributed by atoms with van der Waals surface area (Å²) in [5.74, 6) is -1.09. The van der Waals surface area contributed by atoms with Gasteiger partial charge in [0.05, 0.1) is 12.1 Å². The molecule has 3 N–H and O–H groups in total. The molecule has 1 aliphatic rings. The largest absolute Gasteiger partial charge is 0.388 e. The lowest BCUT2D eigenvalue weighted by Gasteiger charge is -2.10. The lowest BCUT2D eigenvalue weighted by atomic mass is 10.1. The Morgan fingerprint density at radius 2 is 1.81 bits per heavy atom. The molecule has 8 nitrogen and oxygen atoms in total. The maximum Gasteiger partial charge on any atom is 0.258 e. The summed E-state index contributed by atoms with van der Waals surface area (Å²) >= 11 is 0. The molecule has 0 radical (unpaired) electrons. The molecule has 0 spiro atoms. The van der Waals surface area contributed by atoms with E-state index in [4.69, 9.17) is 0 Å². The van der Waals surface area contributed by atoms with E-state index in [1.165, 1.54) is 6.92 Å². The highest BCUT2D eigenvalue weighted by Gasteiger charge is 2.24. The molecule has 0 fully saturated rings. The van der Waals surface area contributed by atoms with Crippen LogP contribution in [0.3, 0.4) is 0 Å². The number of rotatable bonds is 6. The zero-order valence-corrected chi connectivity index (χ0v) is 14.9. The van der Waals surface area contributed by atoms with Crippen LogP contribution in [0.15, 0.2) is 52.7 Å². The minimum Gasteiger partial charge on any atom is -0.388 e. The second-order valence-corrected chi connectivity index (χ2v) is 6.11. The molecular formula is C19H19N5O3. The van der Waals surface area contributed by atoms with E-state index >= 15 is 0 Å². The molecule has 0 bridgehead atoms. The summed E-state index contributed by atoms with van der Waals surface area (Å²) in [5, 5.41) is 16.2. The predicted molar refractivity (Wildman–Crippen MR) is 102 cm³/mol. The molecule has 0 aromatic heterocycles. The van der Waals surface area contributed by atoms with Gasteiger partial charge in [-0.25, -0.2) is 0 Å². The number of azo groups is 1. The summed E-state index contributed by atoms with van der Waals surface area (Å²) < 4.78 is 0. The number of hydrogen-bond donors (Lipinski definition) is 3. The Morgan fingerprint density at radius 1 is 1.11 bits per heavy atom. The number of Topliss-reactive ketones (excluding diaryl/α,β-unsaturated/α-hetero) is 1. The molecule has 1 unspecified atom stereocenters. The van der Waals surface area contributed by atoms with Crippen molar-refractivity contribution in [3.05, 3.63) is 48.0 Å². The van der Waals surface area contributed by atoms with Crippen LogP contribution in [0, 0.1) is 0 Å². The molecule has 138 valence electrons. The molecule has 27 heavy (non-hydrogen) atoms. The van der Waals surface area contributed by atoms with Crippen molar-refractivity contribution in [2.75, 3.05) is 23.0 Å². The fourth-order valence-corrected chi connectivity index (χ4v) is 2.64. The highest BCUT2D eigenvalue weighted by atomic mass is 16.2. The quantitative estimate of drug-likeness (QED) is 0.540. The van der Waals surface area contributed by atoms with E-state index in [1.54, 1.807) is 37.4 Å². The number of carbonyl (C=O) groups is 3. The number of nitrogens with zero attached hydrogens (tertiary/aromatic N) is 2. The number of carbonyl (C=O) groups excluding carboxylic acids is 3. The third kappa shape index (κ3) is 4.35. The highest BCUT2D eigenvalue weighted by Crippen LogP contribution is 2.26. The van der Waals surface area contributed by atoms with Crippen molar-refractivity contribution in [1.82, 2.24) is 0 Å². The van der Waals surface area contributed by atoms with Crippen molar-refractivity contribution in [1.29, 1.82) is 0 Å². The van der Waals surface area contributed by atoms with E-state index in [0.29, 0.717) is 23.5 Å². The van der Waals surface area contributed by atoms with Crippen LogP contribution < -0.4 is 16.0 Å². The summed E-state index contributed by atoms with van der Waals surface area (Å²) in [4.78, 5) is 35.7. The normalized spacial score (nSPS) is 13.8. The summed E-state index contributed by atoms with van der Waals surface area (Å²) in [5.41, 5.74) is 3.45. The maximum absolute atomic E-state index is 12.5. The Morgan fingerprint density at radius 3 is 2.48 bits per heavy atom. The Hall–Kier alpha value is -3.55. The van der Waals surface area contributed by atoms with Crippen molar-refractivity contribution in [2.45, 2.75) is 19.4 Å². The lowest BCUT2D eigenvalue weighted by Crippen LogP contribution is -2.31. The summed E-state index contributed by atoms with van der Waals surface area (Å²) in [6.07, 6.45) is 0.320. The van der Waals surface area contributed by atoms with Crippen LogP contribution >= 0.6 is 0 Å². The second-order valence-electron chi connectivity index (χ2n) is 6.11. The number of benzene rings is 2. The fraction of sp³-hybridized carbons (Fsp3) is 0.211. The number of anilines is 3. The Labute approximate surface area is 156 Å². The van der Waals surface area contributed by atoms with Crippen LogP contribution in [0.1, 0.15) is 12.5 Å². The predicted octanol–water partition coefficient (Wildman–Crippen LogP) is 2.90. The van der Waals surface area contributed by atoms with Crippen LogP contribution in [0.2, 0.25) is 0 Å². The fourth-order valence-electron chi connectivity index (χ4n) is 2.64. The van der Waals surface area contributed by atoms with Gasteiger partial charge in [0.1, 0.15) is 0 Å². The van der Waals surface area contributed by atoms with Crippen LogP contribution in [0.25, 0.3) is 0 Å². The van der Waals surface area contributed by atoms with Crippen molar-refractivity contribution >= 4 is 40.3 Å². The number of fused-ring (bicyclic) bond motifs is 1. The maximum atomic E-state index is 12.5.